The molecule has 0 aliphatic carbocycles. The van der Waals surface area contributed by atoms with Crippen molar-refractivity contribution >= 4 is 23.2 Å². The van der Waals surface area contributed by atoms with E-state index in [0.29, 0.717) is 11.1 Å². The Morgan fingerprint density at radius 1 is 1.50 bits per heavy atom. The Labute approximate surface area is 110 Å². The highest BCUT2D eigenvalue weighted by atomic mass is 35.5. The smallest absolute Gasteiger partial charge is 0.228 e. The first kappa shape index (κ1) is 12.8. The molecule has 0 aliphatic heterocycles. The third-order valence-electron chi connectivity index (χ3n) is 2.47. The van der Waals surface area contributed by atoms with E-state index < -0.39 is 5.54 Å². The van der Waals surface area contributed by atoms with Crippen molar-refractivity contribution in [3.8, 4) is 0 Å². The summed E-state index contributed by atoms with van der Waals surface area (Å²) in [4.78, 5) is 8.05. The lowest BCUT2D eigenvalue weighted by atomic mass is 10.1. The summed E-state index contributed by atoms with van der Waals surface area (Å²) in [6, 6.07) is 1.60. The third kappa shape index (κ3) is 2.77. The zero-order chi connectivity index (χ0) is 13.2. The van der Waals surface area contributed by atoms with E-state index in [1.807, 2.05) is 13.8 Å². The van der Waals surface area contributed by atoms with Gasteiger partial charge in [0.05, 0.1) is 24.0 Å². The average molecular weight is 268 g/mol. The molecule has 0 fully saturated rings. The minimum absolute atomic E-state index is 0.00177. The van der Waals surface area contributed by atoms with E-state index in [4.69, 9.17) is 11.6 Å². The second kappa shape index (κ2) is 4.91. The van der Waals surface area contributed by atoms with Gasteiger partial charge in [-0.15, -0.1) is 0 Å². The maximum absolute atomic E-state index is 9.26. The molecule has 0 radical (unpaired) electrons. The Balaban J connectivity index is 2.16. The van der Waals surface area contributed by atoms with E-state index in [1.54, 1.807) is 29.3 Å². The summed E-state index contributed by atoms with van der Waals surface area (Å²) >= 11 is 5.77. The van der Waals surface area contributed by atoms with E-state index in [0.717, 1.165) is 5.69 Å². The predicted molar refractivity (Wildman–Crippen MR) is 69.0 cm³/mol. The number of hydrogen-bond acceptors (Lipinski definition) is 5. The van der Waals surface area contributed by atoms with Crippen molar-refractivity contribution in [3.63, 3.8) is 0 Å². The molecular weight excluding hydrogens is 254 g/mol. The maximum Gasteiger partial charge on any atom is 0.228 e. The van der Waals surface area contributed by atoms with Gasteiger partial charge < -0.3 is 10.4 Å². The van der Waals surface area contributed by atoms with Gasteiger partial charge in [0, 0.05) is 12.4 Å². The van der Waals surface area contributed by atoms with Crippen LogP contribution in [0.5, 0.6) is 0 Å². The maximum atomic E-state index is 9.26. The summed E-state index contributed by atoms with van der Waals surface area (Å²) in [6.45, 7) is 3.78. The predicted octanol–water partition coefficient (Wildman–Crippen LogP) is 1.80. The molecule has 2 aromatic heterocycles. The van der Waals surface area contributed by atoms with Gasteiger partial charge in [-0.05, 0) is 19.9 Å². The molecule has 0 unspecified atom stereocenters. The number of halogens is 1. The lowest BCUT2D eigenvalue weighted by molar-refractivity contribution is 0.152. The fraction of sp³-hybridized carbons (Fsp3) is 0.364. The van der Waals surface area contributed by atoms with Gasteiger partial charge in [-0.3, -0.25) is 4.68 Å². The quantitative estimate of drug-likeness (QED) is 0.826. The normalized spacial score (nSPS) is 11.6. The summed E-state index contributed by atoms with van der Waals surface area (Å²) < 4.78 is 1.68. The molecule has 96 valence electrons. The van der Waals surface area contributed by atoms with Crippen molar-refractivity contribution in [1.29, 1.82) is 0 Å². The van der Waals surface area contributed by atoms with Crippen LogP contribution in [0.25, 0.3) is 0 Å². The lowest BCUT2D eigenvalue weighted by Gasteiger charge is -2.21. The van der Waals surface area contributed by atoms with Crippen LogP contribution in [0.3, 0.4) is 0 Å². The molecule has 2 heterocycles. The Morgan fingerprint density at radius 3 is 2.94 bits per heavy atom. The van der Waals surface area contributed by atoms with Crippen LogP contribution >= 0.6 is 11.6 Å². The Bertz CT molecular complexity index is 540. The molecule has 0 saturated heterocycles. The van der Waals surface area contributed by atoms with Crippen molar-refractivity contribution in [3.05, 3.63) is 29.8 Å². The van der Waals surface area contributed by atoms with Crippen molar-refractivity contribution in [2.24, 2.45) is 0 Å². The minimum atomic E-state index is -0.449. The van der Waals surface area contributed by atoms with Gasteiger partial charge in [0.2, 0.25) is 5.95 Å². The van der Waals surface area contributed by atoms with Crippen molar-refractivity contribution in [2.75, 3.05) is 11.9 Å². The Kier molecular flexibility index (Phi) is 3.49. The molecule has 2 rings (SSSR count). The molecule has 2 N–H and O–H groups in total. The van der Waals surface area contributed by atoms with E-state index in [1.165, 1.54) is 0 Å². The molecule has 0 spiro atoms. The molecule has 6 nitrogen and oxygen atoms in total. The first-order chi connectivity index (χ1) is 8.51. The summed E-state index contributed by atoms with van der Waals surface area (Å²) in [5.41, 5.74) is 0.286. The average Bonchev–Trinajstić information content (AvgIpc) is 2.78. The van der Waals surface area contributed by atoms with Gasteiger partial charge in [-0.2, -0.15) is 5.10 Å². The molecule has 0 atom stereocenters. The van der Waals surface area contributed by atoms with Gasteiger partial charge in [-0.1, -0.05) is 11.6 Å². The number of nitrogens with one attached hydrogen (secondary N) is 1. The van der Waals surface area contributed by atoms with E-state index in [2.05, 4.69) is 20.4 Å². The number of aliphatic hydroxyl groups is 1. The lowest BCUT2D eigenvalue weighted by Crippen LogP contribution is -2.30. The fourth-order valence-electron chi connectivity index (χ4n) is 1.32. The topological polar surface area (TPSA) is 75.9 Å². The number of rotatable bonds is 4. The molecule has 0 aromatic carbocycles. The molecule has 0 amide bonds. The number of aromatic nitrogens is 4. The second-order valence-electron chi connectivity index (χ2n) is 4.47. The monoisotopic (exact) mass is 267 g/mol. The van der Waals surface area contributed by atoms with Gasteiger partial charge in [0.25, 0.3) is 0 Å². The van der Waals surface area contributed by atoms with E-state index >= 15 is 0 Å². The van der Waals surface area contributed by atoms with Crippen LogP contribution < -0.4 is 5.32 Å². The Morgan fingerprint density at radius 2 is 2.28 bits per heavy atom. The zero-order valence-corrected chi connectivity index (χ0v) is 10.9. The minimum Gasteiger partial charge on any atom is -0.394 e. The molecule has 7 heteroatoms. The van der Waals surface area contributed by atoms with Gasteiger partial charge in [-0.25, -0.2) is 9.97 Å². The molecule has 2 aromatic rings. The summed E-state index contributed by atoms with van der Waals surface area (Å²) in [5.74, 6) is 0.406. The van der Waals surface area contributed by atoms with Crippen LogP contribution in [0.2, 0.25) is 5.15 Å². The summed E-state index contributed by atoms with van der Waals surface area (Å²) in [5, 5.41) is 16.8. The molecule has 18 heavy (non-hydrogen) atoms. The van der Waals surface area contributed by atoms with Gasteiger partial charge >= 0.3 is 0 Å². The highest BCUT2D eigenvalue weighted by molar-refractivity contribution is 6.29. The largest absolute Gasteiger partial charge is 0.394 e. The van der Waals surface area contributed by atoms with Crippen molar-refractivity contribution in [2.45, 2.75) is 19.4 Å². The highest BCUT2D eigenvalue weighted by Gasteiger charge is 2.19. The molecule has 0 saturated carbocycles. The van der Waals surface area contributed by atoms with E-state index in [-0.39, 0.29) is 6.61 Å². The Hall–Kier alpha value is -1.66. The number of hydrogen-bond donors (Lipinski definition) is 2. The third-order valence-corrected chi connectivity index (χ3v) is 2.68. The summed E-state index contributed by atoms with van der Waals surface area (Å²) in [7, 11) is 0. The highest BCUT2D eigenvalue weighted by Crippen LogP contribution is 2.18. The van der Waals surface area contributed by atoms with Crippen LogP contribution in [0, 0.1) is 0 Å². The first-order valence-corrected chi connectivity index (χ1v) is 5.81. The van der Waals surface area contributed by atoms with E-state index in [9.17, 15) is 5.11 Å². The van der Waals surface area contributed by atoms with Crippen molar-refractivity contribution < 1.29 is 5.11 Å². The van der Waals surface area contributed by atoms with Crippen LogP contribution in [0.15, 0.2) is 24.7 Å². The number of nitrogens with zero attached hydrogens (tertiary/aromatic N) is 4. The molecular formula is C11H14ClN5O. The van der Waals surface area contributed by atoms with Gasteiger partial charge in [0.1, 0.15) is 5.15 Å². The fourth-order valence-corrected chi connectivity index (χ4v) is 1.45. The first-order valence-electron chi connectivity index (χ1n) is 5.43. The second-order valence-corrected chi connectivity index (χ2v) is 4.86. The van der Waals surface area contributed by atoms with Crippen LogP contribution in [0.4, 0.5) is 11.6 Å². The van der Waals surface area contributed by atoms with Crippen LogP contribution in [0.1, 0.15) is 13.8 Å². The zero-order valence-electron chi connectivity index (χ0n) is 10.1. The van der Waals surface area contributed by atoms with Crippen LogP contribution in [-0.2, 0) is 5.54 Å². The molecule has 0 aliphatic rings. The standard InChI is InChI=1S/C11H14ClN5O/c1-11(2,7-18)17-6-8(5-14-17)15-10-13-4-3-9(12)16-10/h3-6,18H,7H2,1-2H3,(H,13,15,16). The molecule has 0 bridgehead atoms. The van der Waals surface area contributed by atoms with Crippen molar-refractivity contribution in [1.82, 2.24) is 19.7 Å². The summed E-state index contributed by atoms with van der Waals surface area (Å²) in [6.07, 6.45) is 4.99. The number of aliphatic hydroxyl groups excluding tert-OH is 1. The van der Waals surface area contributed by atoms with Gasteiger partial charge in [0.15, 0.2) is 0 Å². The SMILES string of the molecule is CC(C)(CO)n1cc(Nc2nccc(Cl)n2)cn1. The number of anilines is 2. The van der Waals surface area contributed by atoms with Crippen LogP contribution in [-0.4, -0.2) is 31.5 Å².